The first-order valence-electron chi connectivity index (χ1n) is 4.76. The Hall–Kier alpha value is -0.650. The minimum absolute atomic E-state index is 0.274. The molecule has 0 saturated heterocycles. The Morgan fingerprint density at radius 1 is 1.53 bits per heavy atom. The topological polar surface area (TPSA) is 26.3 Å². The van der Waals surface area contributed by atoms with Gasteiger partial charge in [0.15, 0.2) is 6.29 Å². The highest BCUT2D eigenvalue weighted by molar-refractivity contribution is 14.1. The number of unbranched alkanes of at least 4 members (excludes halogenated alkanes) is 1. The molecule has 0 bridgehead atoms. The lowest BCUT2D eigenvalue weighted by Crippen LogP contribution is -2.02. The number of rotatable bonds is 5. The number of hydrogen-bond acceptors (Lipinski definition) is 2. The van der Waals surface area contributed by atoms with Crippen LogP contribution in [0.4, 0.5) is 4.39 Å². The van der Waals surface area contributed by atoms with E-state index in [4.69, 9.17) is 4.74 Å². The number of carbonyl (C=O) groups is 1. The summed E-state index contributed by atoms with van der Waals surface area (Å²) in [6, 6.07) is 2.55. The first kappa shape index (κ1) is 12.4. The first-order chi connectivity index (χ1) is 7.19. The van der Waals surface area contributed by atoms with Crippen molar-refractivity contribution in [1.82, 2.24) is 0 Å². The van der Waals surface area contributed by atoms with Crippen molar-refractivity contribution in [3.05, 3.63) is 27.1 Å². The fourth-order valence-corrected chi connectivity index (χ4v) is 1.90. The molecule has 4 heteroatoms. The number of ether oxygens (including phenoxy) is 1. The standard InChI is InChI=1S/C11H12FIO2/c1-2-3-4-15-11-8(7-14)5-9(12)6-10(11)13/h5-7H,2-4H2,1H3. The second kappa shape index (κ2) is 6.05. The van der Waals surface area contributed by atoms with E-state index >= 15 is 0 Å². The molecule has 82 valence electrons. The third-order valence-electron chi connectivity index (χ3n) is 1.91. The summed E-state index contributed by atoms with van der Waals surface area (Å²) >= 11 is 1.96. The van der Waals surface area contributed by atoms with Crippen LogP contribution in [0.3, 0.4) is 0 Å². The van der Waals surface area contributed by atoms with Crippen molar-refractivity contribution < 1.29 is 13.9 Å². The molecule has 0 aliphatic rings. The van der Waals surface area contributed by atoms with Gasteiger partial charge in [0.05, 0.1) is 15.7 Å². The smallest absolute Gasteiger partial charge is 0.153 e. The quantitative estimate of drug-likeness (QED) is 0.472. The van der Waals surface area contributed by atoms with Gasteiger partial charge in [0.1, 0.15) is 11.6 Å². The second-order valence-corrected chi connectivity index (χ2v) is 4.29. The van der Waals surface area contributed by atoms with Crippen LogP contribution in [0.25, 0.3) is 0 Å². The van der Waals surface area contributed by atoms with Crippen molar-refractivity contribution in [3.8, 4) is 5.75 Å². The van der Waals surface area contributed by atoms with E-state index in [1.165, 1.54) is 12.1 Å². The summed E-state index contributed by atoms with van der Waals surface area (Å²) in [5, 5.41) is 0. The van der Waals surface area contributed by atoms with E-state index in [0.717, 1.165) is 12.8 Å². The molecule has 0 N–H and O–H groups in total. The number of benzene rings is 1. The van der Waals surface area contributed by atoms with Gasteiger partial charge in [0.2, 0.25) is 0 Å². The highest BCUT2D eigenvalue weighted by Gasteiger charge is 2.09. The highest BCUT2D eigenvalue weighted by atomic mass is 127. The molecule has 0 unspecified atom stereocenters. The molecule has 1 rings (SSSR count). The summed E-state index contributed by atoms with van der Waals surface area (Å²) in [4.78, 5) is 10.7. The molecular formula is C11H12FIO2. The zero-order valence-electron chi connectivity index (χ0n) is 8.43. The Labute approximate surface area is 102 Å². The van der Waals surface area contributed by atoms with Crippen LogP contribution in [-0.2, 0) is 0 Å². The summed E-state index contributed by atoms with van der Waals surface area (Å²) in [6.45, 7) is 2.61. The molecule has 0 fully saturated rings. The fraction of sp³-hybridized carbons (Fsp3) is 0.364. The van der Waals surface area contributed by atoms with Gasteiger partial charge >= 0.3 is 0 Å². The molecule has 0 atom stereocenters. The predicted molar refractivity (Wildman–Crippen MR) is 64.9 cm³/mol. The average Bonchev–Trinajstić information content (AvgIpc) is 2.20. The summed E-state index contributed by atoms with van der Waals surface area (Å²) in [7, 11) is 0. The van der Waals surface area contributed by atoms with Gasteiger partial charge in [-0.05, 0) is 41.1 Å². The van der Waals surface area contributed by atoms with Gasteiger partial charge in [-0.1, -0.05) is 13.3 Å². The Kier molecular flexibility index (Phi) is 5.01. The minimum atomic E-state index is -0.413. The van der Waals surface area contributed by atoms with Crippen molar-refractivity contribution >= 4 is 28.9 Å². The maximum Gasteiger partial charge on any atom is 0.153 e. The lowest BCUT2D eigenvalue weighted by molar-refractivity contribution is 0.111. The molecule has 0 amide bonds. The van der Waals surface area contributed by atoms with Crippen molar-refractivity contribution in [2.75, 3.05) is 6.61 Å². The molecule has 1 aromatic rings. The van der Waals surface area contributed by atoms with E-state index in [1.807, 2.05) is 22.6 Å². The first-order valence-corrected chi connectivity index (χ1v) is 5.84. The molecule has 0 aliphatic carbocycles. The summed E-state index contributed by atoms with van der Waals surface area (Å²) < 4.78 is 19.0. The van der Waals surface area contributed by atoms with Crippen LogP contribution >= 0.6 is 22.6 Å². The van der Waals surface area contributed by atoms with Crippen LogP contribution in [0.2, 0.25) is 0 Å². The largest absolute Gasteiger partial charge is 0.492 e. The molecule has 0 heterocycles. The zero-order chi connectivity index (χ0) is 11.3. The van der Waals surface area contributed by atoms with Gasteiger partial charge in [-0.3, -0.25) is 4.79 Å². The van der Waals surface area contributed by atoms with Gasteiger partial charge in [-0.2, -0.15) is 0 Å². The van der Waals surface area contributed by atoms with Crippen molar-refractivity contribution in [2.45, 2.75) is 19.8 Å². The minimum Gasteiger partial charge on any atom is -0.492 e. The summed E-state index contributed by atoms with van der Waals surface area (Å²) in [6.07, 6.45) is 2.56. The molecule has 0 aliphatic heterocycles. The van der Waals surface area contributed by atoms with Crippen LogP contribution in [-0.4, -0.2) is 12.9 Å². The number of halogens is 2. The Morgan fingerprint density at radius 3 is 2.87 bits per heavy atom. The van der Waals surface area contributed by atoms with E-state index in [2.05, 4.69) is 6.92 Å². The number of hydrogen-bond donors (Lipinski definition) is 0. The summed E-state index contributed by atoms with van der Waals surface area (Å²) in [5.74, 6) is 0.0739. The molecule has 0 spiro atoms. The van der Waals surface area contributed by atoms with Gasteiger partial charge in [-0.15, -0.1) is 0 Å². The predicted octanol–water partition coefficient (Wildman–Crippen LogP) is 3.42. The number of aldehydes is 1. The van der Waals surface area contributed by atoms with Gasteiger partial charge in [-0.25, -0.2) is 4.39 Å². The molecule has 0 radical (unpaired) electrons. The van der Waals surface area contributed by atoms with Crippen molar-refractivity contribution in [3.63, 3.8) is 0 Å². The maximum absolute atomic E-state index is 13.0. The summed E-state index contributed by atoms with van der Waals surface area (Å²) in [5.41, 5.74) is 0.274. The van der Waals surface area contributed by atoms with Crippen molar-refractivity contribution in [2.24, 2.45) is 0 Å². The van der Waals surface area contributed by atoms with Crippen molar-refractivity contribution in [1.29, 1.82) is 0 Å². The zero-order valence-corrected chi connectivity index (χ0v) is 10.6. The van der Waals surface area contributed by atoms with Gasteiger partial charge in [0.25, 0.3) is 0 Å². The van der Waals surface area contributed by atoms with E-state index in [-0.39, 0.29) is 5.56 Å². The van der Waals surface area contributed by atoms with E-state index in [9.17, 15) is 9.18 Å². The molecule has 0 saturated carbocycles. The van der Waals surface area contributed by atoms with Crippen LogP contribution < -0.4 is 4.74 Å². The lowest BCUT2D eigenvalue weighted by atomic mass is 10.2. The SMILES string of the molecule is CCCCOc1c(I)cc(F)cc1C=O. The van der Waals surface area contributed by atoms with E-state index in [0.29, 0.717) is 22.2 Å². The normalized spacial score (nSPS) is 10.1. The van der Waals surface area contributed by atoms with Crippen LogP contribution in [0, 0.1) is 9.39 Å². The fourth-order valence-electron chi connectivity index (χ4n) is 1.14. The van der Waals surface area contributed by atoms with E-state index in [1.54, 1.807) is 0 Å². The monoisotopic (exact) mass is 322 g/mol. The molecule has 0 aromatic heterocycles. The Bertz CT molecular complexity index is 353. The molecule has 15 heavy (non-hydrogen) atoms. The third kappa shape index (κ3) is 3.44. The van der Waals surface area contributed by atoms with Crippen LogP contribution in [0.5, 0.6) is 5.75 Å². The Morgan fingerprint density at radius 2 is 2.27 bits per heavy atom. The molecular weight excluding hydrogens is 310 g/mol. The molecule has 1 aromatic carbocycles. The third-order valence-corrected chi connectivity index (χ3v) is 2.71. The van der Waals surface area contributed by atoms with Gasteiger partial charge in [0, 0.05) is 0 Å². The maximum atomic E-state index is 13.0. The molecule has 2 nitrogen and oxygen atoms in total. The van der Waals surface area contributed by atoms with Crippen LogP contribution in [0.15, 0.2) is 12.1 Å². The number of carbonyl (C=O) groups excluding carboxylic acids is 1. The van der Waals surface area contributed by atoms with Crippen LogP contribution in [0.1, 0.15) is 30.1 Å². The van der Waals surface area contributed by atoms with Gasteiger partial charge < -0.3 is 4.74 Å². The Balaban J connectivity index is 2.89. The highest BCUT2D eigenvalue weighted by Crippen LogP contribution is 2.26. The van der Waals surface area contributed by atoms with E-state index < -0.39 is 5.82 Å². The second-order valence-electron chi connectivity index (χ2n) is 3.13. The lowest BCUT2D eigenvalue weighted by Gasteiger charge is -2.09. The average molecular weight is 322 g/mol.